The van der Waals surface area contributed by atoms with Crippen LogP contribution in [0.2, 0.25) is 0 Å². The highest BCUT2D eigenvalue weighted by Crippen LogP contribution is 2.33. The predicted octanol–water partition coefficient (Wildman–Crippen LogP) is 2.58. The lowest BCUT2D eigenvalue weighted by Crippen LogP contribution is -2.35. The molecule has 4 nitrogen and oxygen atoms in total. The Bertz CT molecular complexity index is 490. The monoisotopic (exact) mass is 290 g/mol. The maximum Gasteiger partial charge on any atom is 0.231 e. The number of nitrogens with zero attached hydrogens (tertiary/aromatic N) is 2. The van der Waals surface area contributed by atoms with E-state index in [0.717, 1.165) is 30.5 Å². The summed E-state index contributed by atoms with van der Waals surface area (Å²) >= 11 is 0. The van der Waals surface area contributed by atoms with E-state index in [0.29, 0.717) is 12.8 Å². The molecule has 1 aromatic rings. The van der Waals surface area contributed by atoms with Crippen LogP contribution < -0.4 is 9.47 Å². The first-order chi connectivity index (χ1) is 10.2. The summed E-state index contributed by atoms with van der Waals surface area (Å²) in [7, 11) is 4.41. The summed E-state index contributed by atoms with van der Waals surface area (Å²) < 4.78 is 10.9. The van der Waals surface area contributed by atoms with Crippen molar-refractivity contribution in [3.05, 3.63) is 23.8 Å². The van der Waals surface area contributed by atoms with Crippen molar-refractivity contribution in [3.8, 4) is 11.5 Å². The first-order valence-electron chi connectivity index (χ1n) is 7.94. The van der Waals surface area contributed by atoms with Crippen LogP contribution in [0.5, 0.6) is 11.5 Å². The van der Waals surface area contributed by atoms with E-state index in [-0.39, 0.29) is 0 Å². The van der Waals surface area contributed by atoms with Gasteiger partial charge < -0.3 is 14.4 Å². The summed E-state index contributed by atoms with van der Waals surface area (Å²) in [6.45, 7) is 6.00. The van der Waals surface area contributed by atoms with E-state index in [4.69, 9.17) is 9.47 Å². The Morgan fingerprint density at radius 2 is 2.00 bits per heavy atom. The van der Waals surface area contributed by atoms with Crippen LogP contribution in [-0.4, -0.2) is 49.8 Å². The van der Waals surface area contributed by atoms with Gasteiger partial charge in [-0.15, -0.1) is 0 Å². The fourth-order valence-electron chi connectivity index (χ4n) is 3.61. The SMILES string of the molecule is CCC[C@@H]1CN(Cc2ccc3c(c2)OCO3)C[C@H]1N(C)C. The normalized spacial score (nSPS) is 25.0. The van der Waals surface area contributed by atoms with Crippen molar-refractivity contribution in [2.75, 3.05) is 34.0 Å². The van der Waals surface area contributed by atoms with Crippen LogP contribution in [0.25, 0.3) is 0 Å². The molecular formula is C17H26N2O2. The van der Waals surface area contributed by atoms with E-state index < -0.39 is 0 Å². The first-order valence-corrected chi connectivity index (χ1v) is 7.94. The predicted molar refractivity (Wildman–Crippen MR) is 83.7 cm³/mol. The van der Waals surface area contributed by atoms with Gasteiger partial charge in [0, 0.05) is 25.7 Å². The Labute approximate surface area is 127 Å². The number of hydrogen-bond donors (Lipinski definition) is 0. The molecule has 0 saturated carbocycles. The molecule has 4 heteroatoms. The Hall–Kier alpha value is -1.26. The van der Waals surface area contributed by atoms with Gasteiger partial charge in [0.25, 0.3) is 0 Å². The van der Waals surface area contributed by atoms with Gasteiger partial charge in [-0.05, 0) is 44.1 Å². The zero-order chi connectivity index (χ0) is 14.8. The van der Waals surface area contributed by atoms with E-state index >= 15 is 0 Å². The molecule has 2 aliphatic rings. The second kappa shape index (κ2) is 6.24. The van der Waals surface area contributed by atoms with Crippen molar-refractivity contribution in [1.82, 2.24) is 9.80 Å². The van der Waals surface area contributed by atoms with Crippen molar-refractivity contribution >= 4 is 0 Å². The molecule has 0 unspecified atom stereocenters. The molecule has 1 aromatic carbocycles. The van der Waals surface area contributed by atoms with E-state index in [1.54, 1.807) is 0 Å². The van der Waals surface area contributed by atoms with Gasteiger partial charge in [-0.1, -0.05) is 19.4 Å². The van der Waals surface area contributed by atoms with Gasteiger partial charge in [0.1, 0.15) is 0 Å². The van der Waals surface area contributed by atoms with Gasteiger partial charge in [-0.3, -0.25) is 4.90 Å². The summed E-state index contributed by atoms with van der Waals surface area (Å²) in [4.78, 5) is 4.96. The molecule has 21 heavy (non-hydrogen) atoms. The number of likely N-dealkylation sites (tertiary alicyclic amines) is 1. The highest BCUT2D eigenvalue weighted by molar-refractivity contribution is 5.44. The summed E-state index contributed by atoms with van der Waals surface area (Å²) in [6, 6.07) is 6.99. The summed E-state index contributed by atoms with van der Waals surface area (Å²) in [6.07, 6.45) is 2.59. The lowest BCUT2D eigenvalue weighted by atomic mass is 9.98. The van der Waals surface area contributed by atoms with Gasteiger partial charge in [-0.25, -0.2) is 0 Å². The van der Waals surface area contributed by atoms with Gasteiger partial charge in [0.15, 0.2) is 11.5 Å². The summed E-state index contributed by atoms with van der Waals surface area (Å²) in [5.41, 5.74) is 1.31. The molecule has 2 heterocycles. The maximum atomic E-state index is 5.47. The molecule has 1 saturated heterocycles. The topological polar surface area (TPSA) is 24.9 Å². The minimum Gasteiger partial charge on any atom is -0.454 e. The third-order valence-corrected chi connectivity index (χ3v) is 4.65. The molecule has 3 rings (SSSR count). The summed E-state index contributed by atoms with van der Waals surface area (Å²) in [5.74, 6) is 2.55. The molecule has 1 fully saturated rings. The van der Waals surface area contributed by atoms with Crippen LogP contribution in [0.3, 0.4) is 0 Å². The number of hydrogen-bond acceptors (Lipinski definition) is 4. The average molecular weight is 290 g/mol. The Kier molecular flexibility index (Phi) is 4.36. The zero-order valence-electron chi connectivity index (χ0n) is 13.3. The molecule has 0 spiro atoms. The van der Waals surface area contributed by atoms with Crippen molar-refractivity contribution in [2.24, 2.45) is 5.92 Å². The minimum absolute atomic E-state index is 0.351. The summed E-state index contributed by atoms with van der Waals surface area (Å²) in [5, 5.41) is 0. The molecule has 2 atom stereocenters. The first kappa shape index (κ1) is 14.7. The fourth-order valence-corrected chi connectivity index (χ4v) is 3.61. The average Bonchev–Trinajstić information content (AvgIpc) is 3.05. The van der Waals surface area contributed by atoms with Gasteiger partial charge in [0.2, 0.25) is 6.79 Å². The molecule has 116 valence electrons. The lowest BCUT2D eigenvalue weighted by Gasteiger charge is -2.24. The number of rotatable bonds is 5. The van der Waals surface area contributed by atoms with Crippen molar-refractivity contribution in [2.45, 2.75) is 32.4 Å². The van der Waals surface area contributed by atoms with Crippen molar-refractivity contribution < 1.29 is 9.47 Å². The number of ether oxygens (including phenoxy) is 2. The molecule has 0 bridgehead atoms. The second-order valence-electron chi connectivity index (χ2n) is 6.46. The standard InChI is InChI=1S/C17H26N2O2/c1-4-5-14-10-19(11-15(14)18(2)3)9-13-6-7-16-17(8-13)21-12-20-16/h6-8,14-15H,4-5,9-12H2,1-3H3/t14-,15-/m1/s1. The Morgan fingerprint density at radius 3 is 2.76 bits per heavy atom. The van der Waals surface area contributed by atoms with Crippen LogP contribution in [0, 0.1) is 5.92 Å². The molecule has 0 N–H and O–H groups in total. The second-order valence-corrected chi connectivity index (χ2v) is 6.46. The maximum absolute atomic E-state index is 5.47. The highest BCUT2D eigenvalue weighted by Gasteiger charge is 2.33. The number of benzene rings is 1. The van der Waals surface area contributed by atoms with Crippen LogP contribution >= 0.6 is 0 Å². The van der Waals surface area contributed by atoms with Crippen molar-refractivity contribution in [1.29, 1.82) is 0 Å². The van der Waals surface area contributed by atoms with E-state index in [1.807, 2.05) is 6.07 Å². The van der Waals surface area contributed by atoms with Crippen molar-refractivity contribution in [3.63, 3.8) is 0 Å². The minimum atomic E-state index is 0.351. The fraction of sp³-hybridized carbons (Fsp3) is 0.647. The molecule has 0 radical (unpaired) electrons. The highest BCUT2D eigenvalue weighted by atomic mass is 16.7. The zero-order valence-corrected chi connectivity index (χ0v) is 13.3. The van der Waals surface area contributed by atoms with Crippen LogP contribution in [0.15, 0.2) is 18.2 Å². The largest absolute Gasteiger partial charge is 0.454 e. The Morgan fingerprint density at radius 1 is 1.19 bits per heavy atom. The van der Waals surface area contributed by atoms with Gasteiger partial charge in [-0.2, -0.15) is 0 Å². The van der Waals surface area contributed by atoms with Crippen LogP contribution in [0.4, 0.5) is 0 Å². The number of likely N-dealkylation sites (N-methyl/N-ethyl adjacent to an activating group) is 1. The molecule has 2 aliphatic heterocycles. The van der Waals surface area contributed by atoms with E-state index in [2.05, 4.69) is 43.0 Å². The van der Waals surface area contributed by atoms with E-state index in [1.165, 1.54) is 24.9 Å². The van der Waals surface area contributed by atoms with Crippen LogP contribution in [0.1, 0.15) is 25.3 Å². The molecule has 0 amide bonds. The Balaban J connectivity index is 1.65. The molecule has 0 aromatic heterocycles. The third kappa shape index (κ3) is 3.16. The van der Waals surface area contributed by atoms with E-state index in [9.17, 15) is 0 Å². The van der Waals surface area contributed by atoms with Crippen LogP contribution in [-0.2, 0) is 6.54 Å². The third-order valence-electron chi connectivity index (χ3n) is 4.65. The number of fused-ring (bicyclic) bond motifs is 1. The quantitative estimate of drug-likeness (QED) is 0.832. The molecule has 0 aliphatic carbocycles. The lowest BCUT2D eigenvalue weighted by molar-refractivity contribution is 0.174. The van der Waals surface area contributed by atoms with Gasteiger partial charge in [0.05, 0.1) is 0 Å². The van der Waals surface area contributed by atoms with Gasteiger partial charge >= 0.3 is 0 Å². The molecular weight excluding hydrogens is 264 g/mol. The smallest absolute Gasteiger partial charge is 0.231 e.